The monoisotopic (exact) mass is 234 g/mol. The van der Waals surface area contributed by atoms with Gasteiger partial charge < -0.3 is 10.6 Å². The van der Waals surface area contributed by atoms with Crippen LogP contribution in [0, 0.1) is 5.41 Å². The van der Waals surface area contributed by atoms with Crippen LogP contribution >= 0.6 is 0 Å². The molecule has 92 valence electrons. The van der Waals surface area contributed by atoms with Crippen LogP contribution in [0.5, 0.6) is 0 Å². The van der Waals surface area contributed by atoms with Gasteiger partial charge in [-0.3, -0.25) is 4.79 Å². The third-order valence-electron chi connectivity index (χ3n) is 3.27. The molecule has 1 fully saturated rings. The van der Waals surface area contributed by atoms with E-state index in [0.29, 0.717) is 5.82 Å². The molecule has 1 aromatic rings. The van der Waals surface area contributed by atoms with Crippen molar-refractivity contribution < 1.29 is 4.79 Å². The minimum Gasteiger partial charge on any atom is -0.316 e. The first-order valence-corrected chi connectivity index (χ1v) is 6.07. The van der Waals surface area contributed by atoms with Gasteiger partial charge >= 0.3 is 0 Å². The van der Waals surface area contributed by atoms with Crippen molar-refractivity contribution in [1.29, 1.82) is 0 Å². The average molecular weight is 234 g/mol. The molecule has 0 spiro atoms. The lowest BCUT2D eigenvalue weighted by Gasteiger charge is -2.25. The molecule has 2 heterocycles. The van der Waals surface area contributed by atoms with Gasteiger partial charge in [-0.25, -0.2) is 0 Å². The summed E-state index contributed by atoms with van der Waals surface area (Å²) in [5, 5.41) is 13.8. The summed E-state index contributed by atoms with van der Waals surface area (Å²) >= 11 is 0. The molecule has 0 aromatic carbocycles. The second-order valence-corrected chi connectivity index (χ2v) is 4.52. The van der Waals surface area contributed by atoms with Gasteiger partial charge in [-0.05, 0) is 31.5 Å². The van der Waals surface area contributed by atoms with E-state index < -0.39 is 0 Å². The van der Waals surface area contributed by atoms with Crippen LogP contribution in [0.4, 0.5) is 5.82 Å². The molecule has 1 unspecified atom stereocenters. The molecule has 1 aliphatic rings. The Hall–Kier alpha value is -1.49. The second kappa shape index (κ2) is 5.23. The first-order valence-electron chi connectivity index (χ1n) is 6.07. The van der Waals surface area contributed by atoms with Crippen molar-refractivity contribution in [2.45, 2.75) is 26.2 Å². The Morgan fingerprint density at radius 2 is 2.53 bits per heavy atom. The number of anilines is 1. The largest absolute Gasteiger partial charge is 0.316 e. The van der Waals surface area contributed by atoms with E-state index >= 15 is 0 Å². The van der Waals surface area contributed by atoms with Crippen LogP contribution in [0.3, 0.4) is 0 Å². The van der Waals surface area contributed by atoms with Crippen molar-refractivity contribution in [3.8, 4) is 0 Å². The van der Waals surface area contributed by atoms with Gasteiger partial charge in [-0.15, -0.1) is 5.10 Å². The maximum absolute atomic E-state index is 12.3. The highest BCUT2D eigenvalue weighted by Gasteiger charge is 2.40. The number of amides is 1. The topological polar surface area (TPSA) is 66.9 Å². The van der Waals surface area contributed by atoms with Crippen LogP contribution in [0.25, 0.3) is 0 Å². The molecule has 5 heteroatoms. The Morgan fingerprint density at radius 1 is 1.65 bits per heavy atom. The van der Waals surface area contributed by atoms with Crippen molar-refractivity contribution in [3.63, 3.8) is 0 Å². The summed E-state index contributed by atoms with van der Waals surface area (Å²) in [6.07, 6.45) is 4.41. The van der Waals surface area contributed by atoms with Crippen LogP contribution in [0.15, 0.2) is 18.3 Å². The van der Waals surface area contributed by atoms with Crippen LogP contribution < -0.4 is 10.6 Å². The van der Waals surface area contributed by atoms with E-state index in [1.807, 2.05) is 0 Å². The molecule has 0 radical (unpaired) electrons. The van der Waals surface area contributed by atoms with Gasteiger partial charge in [0, 0.05) is 12.7 Å². The highest BCUT2D eigenvalue weighted by Crippen LogP contribution is 2.32. The second-order valence-electron chi connectivity index (χ2n) is 4.52. The maximum atomic E-state index is 12.3. The Labute approximate surface area is 101 Å². The zero-order valence-electron chi connectivity index (χ0n) is 10.1. The standard InChI is InChI=1S/C12H18N4O/c1-2-5-12(6-8-13-9-12)11(17)15-10-4-3-7-14-16-10/h3-4,7,13H,2,5-6,8-9H2,1H3,(H,15,16,17). The van der Waals surface area contributed by atoms with Crippen LogP contribution in [0.2, 0.25) is 0 Å². The Balaban J connectivity index is 2.07. The number of carbonyl (C=O) groups is 1. The molecule has 1 atom stereocenters. The molecule has 0 bridgehead atoms. The SMILES string of the molecule is CCCC1(C(=O)Nc2cccnn2)CCNC1. The van der Waals surface area contributed by atoms with Crippen LogP contribution in [-0.2, 0) is 4.79 Å². The number of hydrogen-bond donors (Lipinski definition) is 2. The van der Waals surface area contributed by atoms with Crippen molar-refractivity contribution >= 4 is 11.7 Å². The van der Waals surface area contributed by atoms with Crippen molar-refractivity contribution in [2.75, 3.05) is 18.4 Å². The molecule has 17 heavy (non-hydrogen) atoms. The zero-order valence-corrected chi connectivity index (χ0v) is 10.1. The molecule has 0 saturated carbocycles. The van der Waals surface area contributed by atoms with E-state index in [2.05, 4.69) is 27.8 Å². The summed E-state index contributed by atoms with van der Waals surface area (Å²) in [4.78, 5) is 12.3. The molecule has 1 aromatic heterocycles. The normalized spacial score (nSPS) is 23.6. The van der Waals surface area contributed by atoms with Gasteiger partial charge in [0.2, 0.25) is 5.91 Å². The van der Waals surface area contributed by atoms with Gasteiger partial charge in [0.25, 0.3) is 0 Å². The van der Waals surface area contributed by atoms with Crippen molar-refractivity contribution in [1.82, 2.24) is 15.5 Å². The fourth-order valence-electron chi connectivity index (χ4n) is 2.36. The smallest absolute Gasteiger partial charge is 0.233 e. The third-order valence-corrected chi connectivity index (χ3v) is 3.27. The fraction of sp³-hybridized carbons (Fsp3) is 0.583. The van der Waals surface area contributed by atoms with Crippen LogP contribution in [0.1, 0.15) is 26.2 Å². The van der Waals surface area contributed by atoms with Gasteiger partial charge in [0.1, 0.15) is 0 Å². The maximum Gasteiger partial charge on any atom is 0.233 e. The number of hydrogen-bond acceptors (Lipinski definition) is 4. The summed E-state index contributed by atoms with van der Waals surface area (Å²) in [6.45, 7) is 3.77. The lowest BCUT2D eigenvalue weighted by molar-refractivity contribution is -0.125. The van der Waals surface area contributed by atoms with E-state index in [1.165, 1.54) is 0 Å². The van der Waals surface area contributed by atoms with E-state index in [-0.39, 0.29) is 11.3 Å². The summed E-state index contributed by atoms with van der Waals surface area (Å²) in [6, 6.07) is 3.52. The summed E-state index contributed by atoms with van der Waals surface area (Å²) in [5.41, 5.74) is -0.272. The summed E-state index contributed by atoms with van der Waals surface area (Å²) < 4.78 is 0. The van der Waals surface area contributed by atoms with Crippen molar-refractivity contribution in [3.05, 3.63) is 18.3 Å². The number of nitrogens with one attached hydrogen (secondary N) is 2. The molecule has 2 rings (SSSR count). The van der Waals surface area contributed by atoms with Crippen LogP contribution in [-0.4, -0.2) is 29.2 Å². The minimum absolute atomic E-state index is 0.0600. The Morgan fingerprint density at radius 3 is 3.12 bits per heavy atom. The van der Waals surface area contributed by atoms with Gasteiger partial charge in [-0.2, -0.15) is 5.10 Å². The molecule has 1 amide bonds. The number of nitrogens with zero attached hydrogens (tertiary/aromatic N) is 2. The molecule has 0 aliphatic carbocycles. The lowest BCUT2D eigenvalue weighted by atomic mass is 9.81. The molecular weight excluding hydrogens is 216 g/mol. The summed E-state index contributed by atoms with van der Waals surface area (Å²) in [5.74, 6) is 0.588. The zero-order chi connectivity index (χ0) is 12.1. The Kier molecular flexibility index (Phi) is 3.68. The van der Waals surface area contributed by atoms with E-state index in [4.69, 9.17) is 0 Å². The lowest BCUT2D eigenvalue weighted by Crippen LogP contribution is -2.38. The number of aromatic nitrogens is 2. The highest BCUT2D eigenvalue weighted by atomic mass is 16.2. The predicted molar refractivity (Wildman–Crippen MR) is 65.5 cm³/mol. The minimum atomic E-state index is -0.272. The fourth-order valence-corrected chi connectivity index (χ4v) is 2.36. The average Bonchev–Trinajstić information content (AvgIpc) is 2.81. The molecule has 1 saturated heterocycles. The van der Waals surface area contributed by atoms with E-state index in [0.717, 1.165) is 32.4 Å². The first kappa shape index (κ1) is 12.0. The van der Waals surface area contributed by atoms with E-state index in [9.17, 15) is 4.79 Å². The molecule has 5 nitrogen and oxygen atoms in total. The third kappa shape index (κ3) is 2.61. The number of carbonyl (C=O) groups excluding carboxylic acids is 1. The predicted octanol–water partition coefficient (Wildman–Crippen LogP) is 1.19. The molecular formula is C12H18N4O. The van der Waals surface area contributed by atoms with Gasteiger partial charge in [0.15, 0.2) is 5.82 Å². The summed E-state index contributed by atoms with van der Waals surface area (Å²) in [7, 11) is 0. The number of rotatable bonds is 4. The highest BCUT2D eigenvalue weighted by molar-refractivity contribution is 5.94. The van der Waals surface area contributed by atoms with E-state index in [1.54, 1.807) is 18.3 Å². The molecule has 2 N–H and O–H groups in total. The quantitative estimate of drug-likeness (QED) is 0.821. The molecule has 1 aliphatic heterocycles. The first-order chi connectivity index (χ1) is 8.27. The van der Waals surface area contributed by atoms with Gasteiger partial charge in [-0.1, -0.05) is 13.3 Å². The Bertz CT molecular complexity index is 373. The van der Waals surface area contributed by atoms with Crippen molar-refractivity contribution in [2.24, 2.45) is 5.41 Å². The van der Waals surface area contributed by atoms with Gasteiger partial charge in [0.05, 0.1) is 5.41 Å².